The first kappa shape index (κ1) is 15.7. The Hall–Kier alpha value is -1.66. The molecule has 0 aromatic heterocycles. The van der Waals surface area contributed by atoms with Crippen molar-refractivity contribution < 1.29 is 18.7 Å². The highest BCUT2D eigenvalue weighted by molar-refractivity contribution is 5.81. The van der Waals surface area contributed by atoms with Crippen molar-refractivity contribution in [3.63, 3.8) is 0 Å². The Morgan fingerprint density at radius 3 is 2.90 bits per heavy atom. The van der Waals surface area contributed by atoms with Crippen LogP contribution in [0.1, 0.15) is 6.42 Å². The quantitative estimate of drug-likeness (QED) is 0.797. The molecule has 1 aliphatic rings. The first-order chi connectivity index (χ1) is 10.2. The van der Waals surface area contributed by atoms with Gasteiger partial charge in [0.2, 0.25) is 5.91 Å². The van der Waals surface area contributed by atoms with Crippen LogP contribution >= 0.6 is 0 Å². The summed E-state index contributed by atoms with van der Waals surface area (Å²) >= 11 is 0. The van der Waals surface area contributed by atoms with E-state index in [0.29, 0.717) is 45.1 Å². The van der Waals surface area contributed by atoms with E-state index < -0.39 is 0 Å². The fourth-order valence-electron chi connectivity index (χ4n) is 2.12. The molecular formula is C15H21FN2O3. The number of amides is 1. The molecule has 1 saturated heterocycles. The first-order valence-corrected chi connectivity index (χ1v) is 7.11. The van der Waals surface area contributed by atoms with Gasteiger partial charge in [-0.15, -0.1) is 0 Å². The number of nitrogens with zero attached hydrogens (tertiary/aromatic N) is 1. The number of likely N-dealkylation sites (N-methyl/N-ethyl adjacent to an activating group) is 1. The molecule has 2 rings (SSSR count). The highest BCUT2D eigenvalue weighted by Gasteiger charge is 2.23. The number of carbonyl (C=O) groups is 1. The largest absolute Gasteiger partial charge is 0.494 e. The van der Waals surface area contributed by atoms with E-state index in [2.05, 4.69) is 5.32 Å². The maximum atomic E-state index is 12.7. The number of rotatable bonds is 6. The van der Waals surface area contributed by atoms with E-state index >= 15 is 0 Å². The van der Waals surface area contributed by atoms with Gasteiger partial charge in [0.15, 0.2) is 0 Å². The Balaban J connectivity index is 1.65. The number of hydrogen-bond acceptors (Lipinski definition) is 4. The molecular weight excluding hydrogens is 275 g/mol. The lowest BCUT2D eigenvalue weighted by Gasteiger charge is -2.27. The molecule has 6 heteroatoms. The topological polar surface area (TPSA) is 50.8 Å². The van der Waals surface area contributed by atoms with Gasteiger partial charge in [-0.3, -0.25) is 4.79 Å². The Bertz CT molecular complexity index is 447. The second-order valence-corrected chi connectivity index (χ2v) is 5.00. The van der Waals surface area contributed by atoms with Gasteiger partial charge >= 0.3 is 0 Å². The molecule has 1 aliphatic heterocycles. The first-order valence-electron chi connectivity index (χ1n) is 7.11. The summed E-state index contributed by atoms with van der Waals surface area (Å²) in [5, 5.41) is 3.14. The highest BCUT2D eigenvalue weighted by atomic mass is 19.1. The number of nitrogens with one attached hydrogen (secondary N) is 1. The van der Waals surface area contributed by atoms with Gasteiger partial charge in [0, 0.05) is 20.1 Å². The van der Waals surface area contributed by atoms with Crippen molar-refractivity contribution in [2.45, 2.75) is 12.5 Å². The third-order valence-electron chi connectivity index (χ3n) is 3.32. The molecule has 5 nitrogen and oxygen atoms in total. The van der Waals surface area contributed by atoms with Crippen LogP contribution in [-0.4, -0.2) is 56.8 Å². The number of morpholine rings is 1. The smallest absolute Gasteiger partial charge is 0.241 e. The molecule has 21 heavy (non-hydrogen) atoms. The van der Waals surface area contributed by atoms with Crippen LogP contribution in [0, 0.1) is 5.82 Å². The molecule has 0 saturated carbocycles. The second kappa shape index (κ2) is 7.95. The van der Waals surface area contributed by atoms with E-state index in [1.807, 2.05) is 0 Å². The van der Waals surface area contributed by atoms with Crippen LogP contribution in [0.2, 0.25) is 0 Å². The van der Waals surface area contributed by atoms with Gasteiger partial charge in [-0.1, -0.05) is 0 Å². The number of hydrogen-bond donors (Lipinski definition) is 1. The summed E-state index contributed by atoms with van der Waals surface area (Å²) in [4.78, 5) is 13.8. The summed E-state index contributed by atoms with van der Waals surface area (Å²) in [5.41, 5.74) is 0. The zero-order chi connectivity index (χ0) is 15.1. The summed E-state index contributed by atoms with van der Waals surface area (Å²) in [6.07, 6.45) is 0.715. The maximum Gasteiger partial charge on any atom is 0.241 e. The van der Waals surface area contributed by atoms with E-state index in [1.165, 1.54) is 12.1 Å². The third kappa shape index (κ3) is 4.99. The van der Waals surface area contributed by atoms with Gasteiger partial charge in [-0.05, 0) is 30.7 Å². The fraction of sp³-hybridized carbons (Fsp3) is 0.533. The molecule has 1 unspecified atom stereocenters. The van der Waals surface area contributed by atoms with Gasteiger partial charge < -0.3 is 19.7 Å². The zero-order valence-electron chi connectivity index (χ0n) is 12.2. The zero-order valence-corrected chi connectivity index (χ0v) is 12.2. The Kier molecular flexibility index (Phi) is 5.95. The van der Waals surface area contributed by atoms with Crippen molar-refractivity contribution in [1.82, 2.24) is 10.2 Å². The van der Waals surface area contributed by atoms with Gasteiger partial charge in [0.05, 0.1) is 19.8 Å². The highest BCUT2D eigenvalue weighted by Crippen LogP contribution is 2.11. The molecule has 1 N–H and O–H groups in total. The maximum absolute atomic E-state index is 12.7. The van der Waals surface area contributed by atoms with E-state index in [1.54, 1.807) is 24.1 Å². The second-order valence-electron chi connectivity index (χ2n) is 5.00. The standard InChI is InChI=1S/C15H21FN2O3/c1-18(15(19)14-11-20-10-7-17-14)8-2-9-21-13-5-3-12(16)4-6-13/h3-6,14,17H,2,7-11H2,1H3. The lowest BCUT2D eigenvalue weighted by molar-refractivity contribution is -0.135. The molecule has 0 spiro atoms. The van der Waals surface area contributed by atoms with Gasteiger partial charge in [0.25, 0.3) is 0 Å². The average molecular weight is 296 g/mol. The molecule has 0 aliphatic carbocycles. The number of benzene rings is 1. The minimum Gasteiger partial charge on any atom is -0.494 e. The van der Waals surface area contributed by atoms with Crippen molar-refractivity contribution >= 4 is 5.91 Å². The Morgan fingerprint density at radius 2 is 2.24 bits per heavy atom. The van der Waals surface area contributed by atoms with Crippen LogP contribution in [0.25, 0.3) is 0 Å². The minimum absolute atomic E-state index is 0.0384. The molecule has 1 aromatic rings. The summed E-state index contributed by atoms with van der Waals surface area (Å²) < 4.78 is 23.5. The van der Waals surface area contributed by atoms with Crippen molar-refractivity contribution in [3.05, 3.63) is 30.1 Å². The van der Waals surface area contributed by atoms with E-state index in [9.17, 15) is 9.18 Å². The summed E-state index contributed by atoms with van der Waals surface area (Å²) in [6, 6.07) is 5.65. The molecule has 1 fully saturated rings. The third-order valence-corrected chi connectivity index (χ3v) is 3.32. The van der Waals surface area contributed by atoms with E-state index in [4.69, 9.17) is 9.47 Å². The molecule has 0 bridgehead atoms. The van der Waals surface area contributed by atoms with Crippen molar-refractivity contribution in [2.75, 3.05) is 40.0 Å². The van der Waals surface area contributed by atoms with Crippen LogP contribution in [-0.2, 0) is 9.53 Å². The average Bonchev–Trinajstić information content (AvgIpc) is 2.53. The molecule has 0 radical (unpaired) electrons. The Labute approximate surface area is 124 Å². The van der Waals surface area contributed by atoms with E-state index in [0.717, 1.165) is 0 Å². The van der Waals surface area contributed by atoms with Crippen molar-refractivity contribution in [3.8, 4) is 5.75 Å². The molecule has 1 aromatic carbocycles. The number of ether oxygens (including phenoxy) is 2. The molecule has 1 amide bonds. The molecule has 1 atom stereocenters. The van der Waals surface area contributed by atoms with Gasteiger partial charge in [-0.25, -0.2) is 4.39 Å². The van der Waals surface area contributed by atoms with E-state index in [-0.39, 0.29) is 17.8 Å². The minimum atomic E-state index is -0.283. The fourth-order valence-corrected chi connectivity index (χ4v) is 2.12. The predicted molar refractivity (Wildman–Crippen MR) is 76.8 cm³/mol. The van der Waals surface area contributed by atoms with Crippen molar-refractivity contribution in [1.29, 1.82) is 0 Å². The SMILES string of the molecule is CN(CCCOc1ccc(F)cc1)C(=O)C1COCCN1. The van der Waals surface area contributed by atoms with Crippen LogP contribution in [0.5, 0.6) is 5.75 Å². The van der Waals surface area contributed by atoms with Gasteiger partial charge in [-0.2, -0.15) is 0 Å². The van der Waals surface area contributed by atoms with Crippen LogP contribution in [0.3, 0.4) is 0 Å². The normalized spacial score (nSPS) is 18.3. The van der Waals surface area contributed by atoms with Crippen molar-refractivity contribution in [2.24, 2.45) is 0 Å². The summed E-state index contributed by atoms with van der Waals surface area (Å²) in [6.45, 7) is 2.88. The summed E-state index contributed by atoms with van der Waals surface area (Å²) in [5.74, 6) is 0.388. The summed E-state index contributed by atoms with van der Waals surface area (Å²) in [7, 11) is 1.77. The van der Waals surface area contributed by atoms with Crippen LogP contribution < -0.4 is 10.1 Å². The van der Waals surface area contributed by atoms with Crippen LogP contribution in [0.15, 0.2) is 24.3 Å². The Morgan fingerprint density at radius 1 is 1.48 bits per heavy atom. The lowest BCUT2D eigenvalue weighted by atomic mass is 10.2. The molecule has 116 valence electrons. The predicted octanol–water partition coefficient (Wildman–Crippen LogP) is 1.04. The molecule has 1 heterocycles. The number of carbonyl (C=O) groups excluding carboxylic acids is 1. The number of halogens is 1. The van der Waals surface area contributed by atoms with Crippen LogP contribution in [0.4, 0.5) is 4.39 Å². The monoisotopic (exact) mass is 296 g/mol. The van der Waals surface area contributed by atoms with Gasteiger partial charge in [0.1, 0.15) is 17.6 Å². The lowest BCUT2D eigenvalue weighted by Crippen LogP contribution is -2.51.